The van der Waals surface area contributed by atoms with Crippen molar-refractivity contribution < 1.29 is 0 Å². The molecule has 0 spiro atoms. The Hall–Kier alpha value is -6.54. The second-order valence-corrected chi connectivity index (χ2v) is 15.2. The van der Waals surface area contributed by atoms with Crippen LogP contribution in [0.3, 0.4) is 0 Å². The van der Waals surface area contributed by atoms with E-state index < -0.39 is 0 Å². The fourth-order valence-corrected chi connectivity index (χ4v) is 9.53. The van der Waals surface area contributed by atoms with Gasteiger partial charge in [-0.1, -0.05) is 115 Å². The molecule has 0 unspecified atom stereocenters. The Kier molecular flexibility index (Phi) is 6.83. The van der Waals surface area contributed by atoms with Crippen LogP contribution in [-0.4, -0.2) is 24.5 Å². The van der Waals surface area contributed by atoms with Gasteiger partial charge in [-0.25, -0.2) is 9.97 Å². The van der Waals surface area contributed by atoms with Crippen molar-refractivity contribution in [1.82, 2.24) is 24.5 Å². The average molecular weight is 714 g/mol. The molecule has 0 fully saturated rings. The van der Waals surface area contributed by atoms with E-state index in [9.17, 15) is 0 Å². The Morgan fingerprint density at radius 1 is 0.396 bits per heavy atom. The largest absolute Gasteiger partial charge is 0.278 e. The molecule has 5 nitrogen and oxygen atoms in total. The summed E-state index contributed by atoms with van der Waals surface area (Å²) in [4.78, 5) is 20.6. The van der Waals surface area contributed by atoms with Gasteiger partial charge in [0.1, 0.15) is 5.01 Å². The Morgan fingerprint density at radius 2 is 1.06 bits per heavy atom. The minimum Gasteiger partial charge on any atom is -0.278 e. The van der Waals surface area contributed by atoms with Crippen molar-refractivity contribution in [3.8, 4) is 50.4 Å². The van der Waals surface area contributed by atoms with Crippen LogP contribution in [0.2, 0.25) is 0 Å². The van der Waals surface area contributed by atoms with Gasteiger partial charge in [0.25, 0.3) is 0 Å². The first-order valence-electron chi connectivity index (χ1n) is 17.5. The molecule has 7 heteroatoms. The van der Waals surface area contributed by atoms with Crippen LogP contribution in [0.5, 0.6) is 0 Å². The number of thiazole rings is 1. The lowest BCUT2D eigenvalue weighted by Crippen LogP contribution is -2.06. The molecule has 0 amide bonds. The van der Waals surface area contributed by atoms with Gasteiger partial charge in [-0.2, -0.15) is 9.97 Å². The molecule has 0 aliphatic heterocycles. The lowest BCUT2D eigenvalue weighted by atomic mass is 9.99. The first kappa shape index (κ1) is 30.1. The summed E-state index contributed by atoms with van der Waals surface area (Å²) in [5.74, 6) is 1.87. The van der Waals surface area contributed by atoms with Crippen LogP contribution in [0.1, 0.15) is 0 Å². The fraction of sp³-hybridized carbons (Fsp3) is 0. The Labute approximate surface area is 312 Å². The zero-order valence-corrected chi connectivity index (χ0v) is 29.8. The molecule has 0 aliphatic carbocycles. The van der Waals surface area contributed by atoms with Gasteiger partial charge in [0.15, 0.2) is 11.6 Å². The van der Waals surface area contributed by atoms with E-state index in [0.29, 0.717) is 17.6 Å². The third-order valence-corrected chi connectivity index (χ3v) is 12.1. The van der Waals surface area contributed by atoms with Gasteiger partial charge in [-0.3, -0.25) is 4.57 Å². The van der Waals surface area contributed by atoms with Crippen LogP contribution < -0.4 is 0 Å². The van der Waals surface area contributed by atoms with Gasteiger partial charge in [0.2, 0.25) is 5.95 Å². The number of aromatic nitrogens is 5. The summed E-state index contributed by atoms with van der Waals surface area (Å²) in [5, 5.41) is 5.69. The van der Waals surface area contributed by atoms with Crippen LogP contribution in [0.4, 0.5) is 0 Å². The van der Waals surface area contributed by atoms with Gasteiger partial charge in [-0.05, 0) is 59.7 Å². The highest BCUT2D eigenvalue weighted by molar-refractivity contribution is 7.26. The number of hydrogen-bond acceptors (Lipinski definition) is 6. The molecule has 53 heavy (non-hydrogen) atoms. The number of thiophene rings is 1. The molecule has 7 aromatic carbocycles. The van der Waals surface area contributed by atoms with Crippen molar-refractivity contribution in [1.29, 1.82) is 0 Å². The van der Waals surface area contributed by atoms with Crippen molar-refractivity contribution in [2.45, 2.75) is 0 Å². The third kappa shape index (κ3) is 4.97. The van der Waals surface area contributed by atoms with Crippen molar-refractivity contribution >= 4 is 74.9 Å². The molecule has 11 rings (SSSR count). The van der Waals surface area contributed by atoms with Gasteiger partial charge >= 0.3 is 0 Å². The smallest absolute Gasteiger partial charge is 0.238 e. The number of fused-ring (bicyclic) bond motifs is 7. The molecule has 0 aliphatic rings. The van der Waals surface area contributed by atoms with Crippen molar-refractivity contribution in [3.63, 3.8) is 0 Å². The molecular formula is C46H27N5S2. The minimum atomic E-state index is 0.593. The molecule has 4 aromatic heterocycles. The molecule has 0 N–H and O–H groups in total. The quantitative estimate of drug-likeness (QED) is 0.178. The standard InChI is InChI=1S/C46H27N5S2/c1-2-12-28(13-3-1)43-48-44(50-46(49-43)51-37-20-7-4-16-32(37)33-17-5-8-21-38(33)51)34-18-11-23-41-42(34)35-27-30(24-25-39(35)52-41)29-14-10-15-31(26-29)45-47-36-19-6-9-22-40(36)53-45/h1-27H. The van der Waals surface area contributed by atoms with Crippen LogP contribution >= 0.6 is 22.7 Å². The van der Waals surface area contributed by atoms with E-state index in [1.165, 1.54) is 19.5 Å². The lowest BCUT2D eigenvalue weighted by Gasteiger charge is -2.11. The van der Waals surface area contributed by atoms with Gasteiger partial charge < -0.3 is 0 Å². The second kappa shape index (κ2) is 12.0. The first-order valence-corrected chi connectivity index (χ1v) is 19.1. The maximum Gasteiger partial charge on any atom is 0.238 e. The zero-order chi connectivity index (χ0) is 34.9. The molecule has 0 saturated carbocycles. The number of nitrogens with zero attached hydrogens (tertiary/aromatic N) is 5. The zero-order valence-electron chi connectivity index (χ0n) is 28.1. The molecule has 11 aromatic rings. The summed E-state index contributed by atoms with van der Waals surface area (Å²) in [6.07, 6.45) is 0. The second-order valence-electron chi connectivity index (χ2n) is 13.1. The van der Waals surface area contributed by atoms with E-state index in [-0.39, 0.29) is 0 Å². The molecule has 248 valence electrons. The monoisotopic (exact) mass is 713 g/mol. The number of para-hydroxylation sites is 3. The number of hydrogen-bond donors (Lipinski definition) is 0. The van der Waals surface area contributed by atoms with Crippen LogP contribution in [0, 0.1) is 0 Å². The van der Waals surface area contributed by atoms with E-state index in [0.717, 1.165) is 65.5 Å². The summed E-state index contributed by atoms with van der Waals surface area (Å²) < 4.78 is 5.78. The molecule has 0 bridgehead atoms. The molecule has 0 saturated heterocycles. The van der Waals surface area contributed by atoms with Crippen molar-refractivity contribution in [3.05, 3.63) is 164 Å². The van der Waals surface area contributed by atoms with Gasteiger partial charge in [0.05, 0.1) is 21.3 Å². The van der Waals surface area contributed by atoms with E-state index in [1.54, 1.807) is 22.7 Å². The highest BCUT2D eigenvalue weighted by atomic mass is 32.1. The fourth-order valence-electron chi connectivity index (χ4n) is 7.46. The van der Waals surface area contributed by atoms with Crippen molar-refractivity contribution in [2.75, 3.05) is 0 Å². The Morgan fingerprint density at radius 3 is 1.89 bits per heavy atom. The summed E-state index contributed by atoms with van der Waals surface area (Å²) in [6, 6.07) is 57.4. The highest BCUT2D eigenvalue weighted by Gasteiger charge is 2.20. The van der Waals surface area contributed by atoms with Gasteiger partial charge in [-0.15, -0.1) is 22.7 Å². The molecular weight excluding hydrogens is 687 g/mol. The average Bonchev–Trinajstić information content (AvgIpc) is 3.93. The lowest BCUT2D eigenvalue weighted by molar-refractivity contribution is 0.954. The minimum absolute atomic E-state index is 0.593. The highest BCUT2D eigenvalue weighted by Crippen LogP contribution is 2.42. The summed E-state index contributed by atoms with van der Waals surface area (Å²) >= 11 is 3.53. The van der Waals surface area contributed by atoms with Crippen LogP contribution in [0.15, 0.2) is 164 Å². The molecule has 0 radical (unpaired) electrons. The van der Waals surface area contributed by atoms with Crippen molar-refractivity contribution in [2.24, 2.45) is 0 Å². The maximum atomic E-state index is 5.29. The first-order chi connectivity index (χ1) is 26.2. The van der Waals surface area contributed by atoms with E-state index in [4.69, 9.17) is 19.9 Å². The Bertz CT molecular complexity index is 3110. The normalized spacial score (nSPS) is 11.8. The number of benzene rings is 7. The molecule has 0 atom stereocenters. The van der Waals surface area contributed by atoms with Gasteiger partial charge in [0, 0.05) is 47.6 Å². The SMILES string of the molecule is c1ccc(-c2nc(-c3cccc4sc5ccc(-c6cccc(-c7nc8ccccc8s7)c6)cc5c34)nc(-n3c4ccccc4c4ccccc43)n2)cc1. The van der Waals surface area contributed by atoms with E-state index in [1.807, 2.05) is 24.3 Å². The summed E-state index contributed by atoms with van der Waals surface area (Å²) in [5.41, 5.74) is 8.50. The van der Waals surface area contributed by atoms with Crippen LogP contribution in [-0.2, 0) is 0 Å². The predicted molar refractivity (Wildman–Crippen MR) is 222 cm³/mol. The van der Waals surface area contributed by atoms with E-state index >= 15 is 0 Å². The summed E-state index contributed by atoms with van der Waals surface area (Å²) in [6.45, 7) is 0. The topological polar surface area (TPSA) is 56.5 Å². The maximum absolute atomic E-state index is 5.29. The van der Waals surface area contributed by atoms with Crippen LogP contribution in [0.25, 0.3) is 103 Å². The molecule has 4 heterocycles. The number of rotatable bonds is 5. The summed E-state index contributed by atoms with van der Waals surface area (Å²) in [7, 11) is 0. The van der Waals surface area contributed by atoms with E-state index in [2.05, 4.69) is 144 Å². The third-order valence-electron chi connectivity index (χ3n) is 9.91. The Balaban J connectivity index is 1.11. The predicted octanol–water partition coefficient (Wildman–Crippen LogP) is 12.6.